The van der Waals surface area contributed by atoms with Crippen LogP contribution in [0, 0.1) is 0 Å². The molecule has 0 saturated heterocycles. The molecule has 1 N–H and O–H groups in total. The molecule has 2 aromatic rings. The van der Waals surface area contributed by atoms with Crippen molar-refractivity contribution in [2.45, 2.75) is 6.18 Å². The van der Waals surface area contributed by atoms with Crippen molar-refractivity contribution >= 4 is 23.2 Å². The second-order valence-electron chi connectivity index (χ2n) is 4.90. The molecular formula is C16H14ClF3N2O4. The predicted molar refractivity (Wildman–Crippen MR) is 88.3 cm³/mol. The molecule has 0 fully saturated rings. The van der Waals surface area contributed by atoms with Crippen LogP contribution in [0.4, 0.5) is 18.9 Å². The first-order valence-electron chi connectivity index (χ1n) is 7.12. The number of aromatic nitrogens is 1. The normalized spacial score (nSPS) is 11.0. The second kappa shape index (κ2) is 8.13. The molecule has 0 spiro atoms. The van der Waals surface area contributed by atoms with Crippen LogP contribution in [0.25, 0.3) is 0 Å². The maximum absolute atomic E-state index is 12.5. The SMILES string of the molecule is COc1cc(OC)c(NC(=O)c2cccnc2OCC(F)(F)F)cc1Cl. The molecule has 0 bridgehead atoms. The molecule has 6 nitrogen and oxygen atoms in total. The monoisotopic (exact) mass is 390 g/mol. The van der Waals surface area contributed by atoms with Gasteiger partial charge in [0, 0.05) is 12.3 Å². The number of benzene rings is 1. The summed E-state index contributed by atoms with van der Waals surface area (Å²) >= 11 is 6.03. The van der Waals surface area contributed by atoms with Gasteiger partial charge in [0.1, 0.15) is 17.1 Å². The molecule has 1 aromatic carbocycles. The first-order valence-corrected chi connectivity index (χ1v) is 7.50. The molecule has 1 heterocycles. The number of pyridine rings is 1. The summed E-state index contributed by atoms with van der Waals surface area (Å²) in [5, 5.41) is 2.71. The molecule has 2 rings (SSSR count). The molecule has 1 aromatic heterocycles. The average Bonchev–Trinajstić information content (AvgIpc) is 2.59. The van der Waals surface area contributed by atoms with E-state index in [1.807, 2.05) is 0 Å². The maximum Gasteiger partial charge on any atom is 0.422 e. The van der Waals surface area contributed by atoms with Gasteiger partial charge in [0.05, 0.1) is 24.9 Å². The van der Waals surface area contributed by atoms with Crippen LogP contribution in [-0.2, 0) is 0 Å². The topological polar surface area (TPSA) is 69.7 Å². The molecule has 1 amide bonds. The first kappa shape index (κ1) is 19.6. The number of halogens is 4. The molecule has 0 aliphatic heterocycles. The highest BCUT2D eigenvalue weighted by Gasteiger charge is 2.29. The Labute approximate surface area is 151 Å². The van der Waals surface area contributed by atoms with Crippen LogP contribution < -0.4 is 19.5 Å². The van der Waals surface area contributed by atoms with Gasteiger partial charge in [-0.15, -0.1) is 0 Å². The third kappa shape index (κ3) is 4.92. The van der Waals surface area contributed by atoms with Crippen molar-refractivity contribution in [3.8, 4) is 17.4 Å². The van der Waals surface area contributed by atoms with Crippen molar-refractivity contribution in [2.24, 2.45) is 0 Å². The fraction of sp³-hybridized carbons (Fsp3) is 0.250. The van der Waals surface area contributed by atoms with E-state index in [9.17, 15) is 18.0 Å². The standard InChI is InChI=1S/C16H14ClF3N2O4/c1-24-12-7-13(25-2)11(6-10(12)17)22-14(23)9-4-3-5-21-15(9)26-8-16(18,19)20/h3-7H,8H2,1-2H3,(H,22,23). The van der Waals surface area contributed by atoms with E-state index in [0.717, 1.165) is 0 Å². The summed E-state index contributed by atoms with van der Waals surface area (Å²) in [5.41, 5.74) is 0.0275. The van der Waals surface area contributed by atoms with E-state index >= 15 is 0 Å². The van der Waals surface area contributed by atoms with Gasteiger partial charge in [0.15, 0.2) is 6.61 Å². The second-order valence-corrected chi connectivity index (χ2v) is 5.31. The predicted octanol–water partition coefficient (Wildman–Crippen LogP) is 3.95. The Hall–Kier alpha value is -2.68. The van der Waals surface area contributed by atoms with Crippen LogP contribution in [-0.4, -0.2) is 37.9 Å². The van der Waals surface area contributed by atoms with Gasteiger partial charge < -0.3 is 19.5 Å². The number of hydrogen-bond donors (Lipinski definition) is 1. The molecule has 10 heteroatoms. The number of ether oxygens (including phenoxy) is 3. The van der Waals surface area contributed by atoms with E-state index in [2.05, 4.69) is 15.0 Å². The summed E-state index contributed by atoms with van der Waals surface area (Å²) in [6, 6.07) is 5.53. The molecule has 0 saturated carbocycles. The number of rotatable bonds is 6. The fourth-order valence-electron chi connectivity index (χ4n) is 1.98. The molecule has 0 aliphatic rings. The number of carbonyl (C=O) groups excluding carboxylic acids is 1. The number of nitrogens with one attached hydrogen (secondary N) is 1. The number of methoxy groups -OCH3 is 2. The number of anilines is 1. The van der Waals surface area contributed by atoms with Gasteiger partial charge in [-0.05, 0) is 18.2 Å². The lowest BCUT2D eigenvalue weighted by Gasteiger charge is -2.14. The summed E-state index contributed by atoms with van der Waals surface area (Å²) in [4.78, 5) is 16.1. The Balaban J connectivity index is 2.27. The van der Waals surface area contributed by atoms with Crippen molar-refractivity contribution in [1.82, 2.24) is 4.98 Å². The summed E-state index contributed by atoms with van der Waals surface area (Å²) in [6.07, 6.45) is -3.34. The molecule has 26 heavy (non-hydrogen) atoms. The quantitative estimate of drug-likeness (QED) is 0.809. The Kier molecular flexibility index (Phi) is 6.14. The van der Waals surface area contributed by atoms with Gasteiger partial charge >= 0.3 is 6.18 Å². The Morgan fingerprint density at radius 1 is 1.23 bits per heavy atom. The number of amides is 1. The molecule has 0 radical (unpaired) electrons. The van der Waals surface area contributed by atoms with Gasteiger partial charge in [-0.2, -0.15) is 13.2 Å². The van der Waals surface area contributed by atoms with E-state index in [1.165, 1.54) is 44.7 Å². The zero-order valence-electron chi connectivity index (χ0n) is 13.7. The Morgan fingerprint density at radius 3 is 2.54 bits per heavy atom. The molecule has 0 aliphatic carbocycles. The smallest absolute Gasteiger partial charge is 0.422 e. The van der Waals surface area contributed by atoms with Crippen LogP contribution in [0.1, 0.15) is 10.4 Å². The Morgan fingerprint density at radius 2 is 1.92 bits per heavy atom. The van der Waals surface area contributed by atoms with E-state index in [-0.39, 0.29) is 22.0 Å². The third-order valence-electron chi connectivity index (χ3n) is 3.11. The van der Waals surface area contributed by atoms with E-state index in [4.69, 9.17) is 21.1 Å². The lowest BCUT2D eigenvalue weighted by Crippen LogP contribution is -2.22. The molecule has 0 unspecified atom stereocenters. The third-order valence-corrected chi connectivity index (χ3v) is 3.41. The fourth-order valence-corrected chi connectivity index (χ4v) is 2.22. The molecule has 0 atom stereocenters. The number of carbonyl (C=O) groups is 1. The number of alkyl halides is 3. The largest absolute Gasteiger partial charge is 0.495 e. The highest BCUT2D eigenvalue weighted by molar-refractivity contribution is 6.32. The van der Waals surface area contributed by atoms with Crippen LogP contribution in [0.5, 0.6) is 17.4 Å². The van der Waals surface area contributed by atoms with Crippen molar-refractivity contribution < 1.29 is 32.2 Å². The highest BCUT2D eigenvalue weighted by atomic mass is 35.5. The lowest BCUT2D eigenvalue weighted by molar-refractivity contribution is -0.154. The van der Waals surface area contributed by atoms with Crippen LogP contribution in [0.15, 0.2) is 30.5 Å². The minimum Gasteiger partial charge on any atom is -0.495 e. The van der Waals surface area contributed by atoms with Crippen molar-refractivity contribution in [2.75, 3.05) is 26.1 Å². The number of nitrogens with zero attached hydrogens (tertiary/aromatic N) is 1. The van der Waals surface area contributed by atoms with Gasteiger partial charge in [0.2, 0.25) is 5.88 Å². The van der Waals surface area contributed by atoms with Crippen molar-refractivity contribution in [1.29, 1.82) is 0 Å². The van der Waals surface area contributed by atoms with Crippen LogP contribution in [0.3, 0.4) is 0 Å². The van der Waals surface area contributed by atoms with E-state index in [1.54, 1.807) is 0 Å². The van der Waals surface area contributed by atoms with Gasteiger partial charge in [0.25, 0.3) is 5.91 Å². The average molecular weight is 391 g/mol. The molecular weight excluding hydrogens is 377 g/mol. The van der Waals surface area contributed by atoms with E-state index < -0.39 is 24.6 Å². The van der Waals surface area contributed by atoms with Crippen molar-refractivity contribution in [3.63, 3.8) is 0 Å². The van der Waals surface area contributed by atoms with Crippen LogP contribution in [0.2, 0.25) is 5.02 Å². The number of hydrogen-bond acceptors (Lipinski definition) is 5. The highest BCUT2D eigenvalue weighted by Crippen LogP contribution is 2.36. The summed E-state index contributed by atoms with van der Waals surface area (Å²) < 4.78 is 51.8. The lowest BCUT2D eigenvalue weighted by atomic mass is 10.2. The minimum atomic E-state index is -4.56. The zero-order chi connectivity index (χ0) is 19.3. The summed E-state index contributed by atoms with van der Waals surface area (Å²) in [5.74, 6) is -0.603. The maximum atomic E-state index is 12.5. The Bertz CT molecular complexity index is 800. The molecule has 140 valence electrons. The van der Waals surface area contributed by atoms with Gasteiger partial charge in [-0.25, -0.2) is 4.98 Å². The zero-order valence-corrected chi connectivity index (χ0v) is 14.4. The van der Waals surface area contributed by atoms with E-state index in [0.29, 0.717) is 5.75 Å². The summed E-state index contributed by atoms with van der Waals surface area (Å²) in [6.45, 7) is -1.57. The summed E-state index contributed by atoms with van der Waals surface area (Å²) in [7, 11) is 2.79. The minimum absolute atomic E-state index is 0.175. The first-order chi connectivity index (χ1) is 12.2. The van der Waals surface area contributed by atoms with Gasteiger partial charge in [-0.3, -0.25) is 4.79 Å². The van der Waals surface area contributed by atoms with Crippen molar-refractivity contribution in [3.05, 3.63) is 41.0 Å². The van der Waals surface area contributed by atoms with Crippen LogP contribution >= 0.6 is 11.6 Å². The van der Waals surface area contributed by atoms with Gasteiger partial charge in [-0.1, -0.05) is 11.6 Å².